The molecule has 0 radical (unpaired) electrons. The monoisotopic (exact) mass is 247 g/mol. The fraction of sp³-hybridized carbons (Fsp3) is 0.250. The number of hydrogen-bond donors (Lipinski definition) is 1. The number of ether oxygens (including phenoxy) is 1. The number of halogens is 2. The minimum absolute atomic E-state index is 0.677. The first kappa shape index (κ1) is 12.7. The molecule has 0 unspecified atom stereocenters. The average Bonchev–Trinajstić information content (AvgIpc) is 2.26. The van der Waals surface area contributed by atoms with Crippen LogP contribution in [0.4, 0.5) is 20.3 Å². The number of methoxy groups -OCH3 is 1. The zero-order valence-corrected chi connectivity index (χ0v) is 8.52. The van der Waals surface area contributed by atoms with Crippen molar-refractivity contribution in [2.75, 3.05) is 12.8 Å². The molecule has 0 saturated carbocycles. The van der Waals surface area contributed by atoms with Crippen molar-refractivity contribution in [3.05, 3.63) is 27.4 Å². The first-order valence-corrected chi connectivity index (χ1v) is 4.19. The normalized spacial score (nSPS) is 10.4. The molecule has 0 amide bonds. The summed E-state index contributed by atoms with van der Waals surface area (Å²) in [6.07, 6.45) is -2.52. The highest BCUT2D eigenvalue weighted by Gasteiger charge is 2.32. The average molecular weight is 247 g/mol. The minimum Gasteiger partial charge on any atom is -0.465 e. The lowest BCUT2D eigenvalue weighted by Gasteiger charge is -2.08. The lowest BCUT2D eigenvalue weighted by Crippen LogP contribution is -2.12. The molecule has 0 atom stereocenters. The molecule has 0 fully saturated rings. The van der Waals surface area contributed by atoms with Crippen LogP contribution in [0.3, 0.4) is 0 Å². The highest BCUT2D eigenvalue weighted by molar-refractivity contribution is 5.92. The largest absolute Gasteiger partial charge is 0.465 e. The van der Waals surface area contributed by atoms with E-state index in [1.165, 1.54) is 0 Å². The van der Waals surface area contributed by atoms with Gasteiger partial charge in [-0.25, -0.2) is 18.6 Å². The van der Waals surface area contributed by atoms with Crippen molar-refractivity contribution in [1.82, 2.24) is 4.98 Å². The van der Waals surface area contributed by atoms with E-state index in [9.17, 15) is 23.7 Å². The van der Waals surface area contributed by atoms with E-state index in [-0.39, 0.29) is 0 Å². The number of alkyl halides is 2. The Morgan fingerprint density at radius 1 is 1.65 bits per heavy atom. The van der Waals surface area contributed by atoms with E-state index >= 15 is 0 Å². The van der Waals surface area contributed by atoms with Crippen LogP contribution in [0.15, 0.2) is 6.20 Å². The van der Waals surface area contributed by atoms with Crippen molar-refractivity contribution < 1.29 is 23.2 Å². The summed E-state index contributed by atoms with van der Waals surface area (Å²) >= 11 is 0. The molecule has 0 saturated heterocycles. The Bertz CT molecular complexity index is 478. The molecular weight excluding hydrogens is 240 g/mol. The molecule has 0 aromatic carbocycles. The molecule has 1 heterocycles. The Morgan fingerprint density at radius 2 is 2.24 bits per heavy atom. The summed E-state index contributed by atoms with van der Waals surface area (Å²) in [5.41, 5.74) is 2.29. The van der Waals surface area contributed by atoms with E-state index < -0.39 is 40.0 Å². The van der Waals surface area contributed by atoms with Crippen LogP contribution in [0, 0.1) is 10.1 Å². The second-order valence-corrected chi connectivity index (χ2v) is 2.87. The fourth-order valence-electron chi connectivity index (χ4n) is 1.22. The lowest BCUT2D eigenvalue weighted by atomic mass is 10.1. The Kier molecular flexibility index (Phi) is 3.51. The molecule has 1 aromatic heterocycles. The van der Waals surface area contributed by atoms with Gasteiger partial charge in [0.25, 0.3) is 6.43 Å². The Balaban J connectivity index is 3.59. The predicted molar refractivity (Wildman–Crippen MR) is 51.6 cm³/mol. The highest BCUT2D eigenvalue weighted by Crippen LogP contribution is 2.35. The Morgan fingerprint density at radius 3 is 2.65 bits per heavy atom. The number of pyridine rings is 1. The predicted octanol–water partition coefficient (Wildman–Crippen LogP) is 1.30. The number of anilines is 1. The first-order chi connectivity index (χ1) is 7.90. The standard InChI is InChI=1S/C8H7F2N3O4/c1-17-8(14)3-2-12-7(11)5(13(15)16)4(3)6(9)10/h2,6H,1H3,(H2,11,12). The van der Waals surface area contributed by atoms with E-state index in [1.54, 1.807) is 0 Å². The summed E-state index contributed by atoms with van der Waals surface area (Å²) in [6.45, 7) is 0. The maximum atomic E-state index is 12.7. The van der Waals surface area contributed by atoms with E-state index in [0.717, 1.165) is 13.3 Å². The molecule has 2 N–H and O–H groups in total. The number of rotatable bonds is 3. The maximum Gasteiger partial charge on any atom is 0.340 e. The van der Waals surface area contributed by atoms with Gasteiger partial charge in [0.1, 0.15) is 5.56 Å². The van der Waals surface area contributed by atoms with Gasteiger partial charge in [-0.15, -0.1) is 0 Å². The first-order valence-electron chi connectivity index (χ1n) is 4.19. The van der Waals surface area contributed by atoms with Crippen LogP contribution < -0.4 is 5.73 Å². The molecule has 9 heteroatoms. The lowest BCUT2D eigenvalue weighted by molar-refractivity contribution is -0.385. The van der Waals surface area contributed by atoms with E-state index in [0.29, 0.717) is 0 Å². The number of nitrogens with zero attached hydrogens (tertiary/aromatic N) is 2. The van der Waals surface area contributed by atoms with Gasteiger partial charge in [0, 0.05) is 6.20 Å². The Labute approximate surface area is 93.3 Å². The van der Waals surface area contributed by atoms with Gasteiger partial charge in [-0.3, -0.25) is 10.1 Å². The third-order valence-electron chi connectivity index (χ3n) is 1.93. The summed E-state index contributed by atoms with van der Waals surface area (Å²) in [6, 6.07) is 0. The van der Waals surface area contributed by atoms with E-state index in [4.69, 9.17) is 5.73 Å². The molecule has 0 bridgehead atoms. The SMILES string of the molecule is COC(=O)c1cnc(N)c([N+](=O)[O-])c1C(F)F. The van der Waals surface area contributed by atoms with Gasteiger partial charge in [-0.05, 0) is 0 Å². The number of aromatic nitrogens is 1. The van der Waals surface area contributed by atoms with Crippen molar-refractivity contribution in [3.8, 4) is 0 Å². The Hall–Kier alpha value is -2.32. The second-order valence-electron chi connectivity index (χ2n) is 2.87. The topological polar surface area (TPSA) is 108 Å². The molecule has 0 spiro atoms. The van der Waals surface area contributed by atoms with Crippen LogP contribution in [0.5, 0.6) is 0 Å². The van der Waals surface area contributed by atoms with Crippen LogP contribution in [0.2, 0.25) is 0 Å². The van der Waals surface area contributed by atoms with Gasteiger partial charge >= 0.3 is 11.7 Å². The molecule has 7 nitrogen and oxygen atoms in total. The number of carbonyl (C=O) groups excluding carboxylic acids is 1. The van der Waals surface area contributed by atoms with Crippen LogP contribution >= 0.6 is 0 Å². The number of carbonyl (C=O) groups is 1. The van der Waals surface area contributed by atoms with Gasteiger partial charge in [-0.1, -0.05) is 0 Å². The summed E-state index contributed by atoms with van der Waals surface area (Å²) in [5.74, 6) is -1.83. The van der Waals surface area contributed by atoms with Crippen molar-refractivity contribution in [3.63, 3.8) is 0 Å². The highest BCUT2D eigenvalue weighted by atomic mass is 19.3. The molecule has 0 aliphatic carbocycles. The van der Waals surface area contributed by atoms with Crippen molar-refractivity contribution in [2.24, 2.45) is 0 Å². The van der Waals surface area contributed by atoms with Crippen molar-refractivity contribution in [2.45, 2.75) is 6.43 Å². The van der Waals surface area contributed by atoms with Gasteiger partial charge in [0.05, 0.1) is 17.6 Å². The van der Waals surface area contributed by atoms with Crippen molar-refractivity contribution >= 4 is 17.5 Å². The van der Waals surface area contributed by atoms with Crippen LogP contribution in [-0.4, -0.2) is 23.0 Å². The van der Waals surface area contributed by atoms with Crippen LogP contribution in [0.25, 0.3) is 0 Å². The number of nitrogen functional groups attached to an aromatic ring is 1. The molecular formula is C8H7F2N3O4. The number of nitro groups is 1. The second kappa shape index (κ2) is 4.68. The zero-order chi connectivity index (χ0) is 13.2. The smallest absolute Gasteiger partial charge is 0.340 e. The van der Waals surface area contributed by atoms with Gasteiger partial charge < -0.3 is 10.5 Å². The van der Waals surface area contributed by atoms with E-state index in [1.807, 2.05) is 0 Å². The van der Waals surface area contributed by atoms with Gasteiger partial charge in [0.15, 0.2) is 0 Å². The summed E-state index contributed by atoms with van der Waals surface area (Å²) in [7, 11) is 0.958. The number of hydrogen-bond acceptors (Lipinski definition) is 6. The molecule has 1 aromatic rings. The van der Waals surface area contributed by atoms with Crippen molar-refractivity contribution in [1.29, 1.82) is 0 Å². The molecule has 1 rings (SSSR count). The molecule has 92 valence electrons. The summed E-state index contributed by atoms with van der Waals surface area (Å²) < 4.78 is 29.7. The molecule has 0 aliphatic heterocycles. The van der Waals surface area contributed by atoms with Crippen LogP contribution in [-0.2, 0) is 4.74 Å². The third-order valence-corrected chi connectivity index (χ3v) is 1.93. The van der Waals surface area contributed by atoms with Gasteiger partial charge in [-0.2, -0.15) is 0 Å². The number of esters is 1. The maximum absolute atomic E-state index is 12.7. The third kappa shape index (κ3) is 2.27. The van der Waals surface area contributed by atoms with Gasteiger partial charge in [0.2, 0.25) is 5.82 Å². The fourth-order valence-corrected chi connectivity index (χ4v) is 1.22. The zero-order valence-electron chi connectivity index (χ0n) is 8.52. The summed E-state index contributed by atoms with van der Waals surface area (Å²) in [5, 5.41) is 10.6. The summed E-state index contributed by atoms with van der Waals surface area (Å²) in [4.78, 5) is 24.0. The number of nitrogens with two attached hydrogens (primary N) is 1. The molecule has 17 heavy (non-hydrogen) atoms. The quantitative estimate of drug-likeness (QED) is 0.489. The van der Waals surface area contributed by atoms with Crippen LogP contribution in [0.1, 0.15) is 22.3 Å². The minimum atomic E-state index is -3.24. The van der Waals surface area contributed by atoms with E-state index in [2.05, 4.69) is 9.72 Å². The molecule has 0 aliphatic rings.